The van der Waals surface area contributed by atoms with Crippen LogP contribution in [0.1, 0.15) is 12.8 Å². The number of nitro benzene ring substituents is 1. The number of likely N-dealkylation sites (tertiary alicyclic amines) is 1. The Bertz CT molecular complexity index is 445. The fourth-order valence-electron chi connectivity index (χ4n) is 2.13. The molecule has 98 valence electrons. The van der Waals surface area contributed by atoms with Gasteiger partial charge in [-0.25, -0.2) is 0 Å². The fourth-order valence-corrected chi connectivity index (χ4v) is 2.52. The lowest BCUT2D eigenvalue weighted by molar-refractivity contribution is -0.385. The van der Waals surface area contributed by atoms with E-state index in [1.807, 2.05) is 6.07 Å². The Labute approximate surface area is 114 Å². The van der Waals surface area contributed by atoms with Gasteiger partial charge in [0.1, 0.15) is 0 Å². The lowest BCUT2D eigenvalue weighted by atomic mass is 10.1. The van der Waals surface area contributed by atoms with Crippen molar-refractivity contribution in [3.63, 3.8) is 0 Å². The Morgan fingerprint density at radius 3 is 2.72 bits per heavy atom. The first-order valence-corrected chi connectivity index (χ1v) is 6.74. The zero-order valence-corrected chi connectivity index (χ0v) is 11.8. The van der Waals surface area contributed by atoms with Crippen molar-refractivity contribution in [2.24, 2.45) is 0 Å². The molecule has 1 saturated heterocycles. The van der Waals surface area contributed by atoms with Crippen molar-refractivity contribution in [3.05, 3.63) is 32.8 Å². The second-order valence-corrected chi connectivity index (χ2v) is 5.50. The molecular formula is C12H16BrN3O2. The highest BCUT2D eigenvalue weighted by Crippen LogP contribution is 2.28. The molecule has 0 unspecified atom stereocenters. The number of anilines is 1. The summed E-state index contributed by atoms with van der Waals surface area (Å²) in [6.45, 7) is 2.13. The third-order valence-corrected chi connectivity index (χ3v) is 3.90. The van der Waals surface area contributed by atoms with Gasteiger partial charge in [0.25, 0.3) is 5.69 Å². The van der Waals surface area contributed by atoms with Gasteiger partial charge < -0.3 is 10.2 Å². The third-order valence-electron chi connectivity index (χ3n) is 3.23. The van der Waals surface area contributed by atoms with E-state index < -0.39 is 0 Å². The molecule has 1 aliphatic heterocycles. The molecule has 18 heavy (non-hydrogen) atoms. The SMILES string of the molecule is CN1CCC(Nc2ccc(Br)c([N+](=O)[O-])c2)CC1. The van der Waals surface area contributed by atoms with Crippen molar-refractivity contribution < 1.29 is 4.92 Å². The van der Waals surface area contributed by atoms with E-state index in [0.29, 0.717) is 10.5 Å². The quantitative estimate of drug-likeness (QED) is 0.688. The van der Waals surface area contributed by atoms with Crippen LogP contribution in [0.3, 0.4) is 0 Å². The van der Waals surface area contributed by atoms with Gasteiger partial charge in [-0.3, -0.25) is 10.1 Å². The van der Waals surface area contributed by atoms with E-state index in [-0.39, 0.29) is 10.6 Å². The fraction of sp³-hybridized carbons (Fsp3) is 0.500. The molecule has 0 aromatic heterocycles. The van der Waals surface area contributed by atoms with Gasteiger partial charge in [0.05, 0.1) is 9.40 Å². The molecule has 5 nitrogen and oxygen atoms in total. The molecule has 0 aliphatic carbocycles. The number of nitrogens with zero attached hydrogens (tertiary/aromatic N) is 2. The van der Waals surface area contributed by atoms with Gasteiger partial charge in [-0.05, 0) is 61.0 Å². The highest BCUT2D eigenvalue weighted by atomic mass is 79.9. The predicted octanol–water partition coefficient (Wildman–Crippen LogP) is 2.86. The maximum absolute atomic E-state index is 10.9. The second-order valence-electron chi connectivity index (χ2n) is 4.65. The lowest BCUT2D eigenvalue weighted by Gasteiger charge is -2.30. The van der Waals surface area contributed by atoms with Crippen molar-refractivity contribution in [1.82, 2.24) is 4.90 Å². The molecule has 0 spiro atoms. The number of nitrogens with one attached hydrogen (secondary N) is 1. The van der Waals surface area contributed by atoms with E-state index >= 15 is 0 Å². The van der Waals surface area contributed by atoms with Crippen LogP contribution >= 0.6 is 15.9 Å². The van der Waals surface area contributed by atoms with Crippen LogP contribution in [0, 0.1) is 10.1 Å². The average Bonchev–Trinajstić information content (AvgIpc) is 2.34. The van der Waals surface area contributed by atoms with Crippen molar-refractivity contribution in [2.75, 3.05) is 25.5 Å². The summed E-state index contributed by atoms with van der Waals surface area (Å²) in [6.07, 6.45) is 2.14. The van der Waals surface area contributed by atoms with Gasteiger partial charge in [-0.1, -0.05) is 0 Å². The highest BCUT2D eigenvalue weighted by molar-refractivity contribution is 9.10. The first-order valence-electron chi connectivity index (χ1n) is 5.95. The minimum Gasteiger partial charge on any atom is -0.382 e. The number of hydrogen-bond donors (Lipinski definition) is 1. The Morgan fingerprint density at radius 2 is 2.11 bits per heavy atom. The second kappa shape index (κ2) is 5.67. The zero-order valence-electron chi connectivity index (χ0n) is 10.2. The van der Waals surface area contributed by atoms with Crippen LogP contribution in [-0.2, 0) is 0 Å². The Hall–Kier alpha value is -1.14. The van der Waals surface area contributed by atoms with Gasteiger partial charge in [0.15, 0.2) is 0 Å². The topological polar surface area (TPSA) is 58.4 Å². The van der Waals surface area contributed by atoms with Crippen molar-refractivity contribution in [3.8, 4) is 0 Å². The molecule has 1 heterocycles. The Morgan fingerprint density at radius 1 is 1.44 bits per heavy atom. The molecule has 1 N–H and O–H groups in total. The molecule has 0 bridgehead atoms. The number of benzene rings is 1. The molecule has 0 radical (unpaired) electrons. The van der Waals surface area contributed by atoms with Gasteiger partial charge in [-0.2, -0.15) is 0 Å². The maximum Gasteiger partial charge on any atom is 0.285 e. The van der Waals surface area contributed by atoms with Crippen LogP contribution in [0.4, 0.5) is 11.4 Å². The molecule has 1 aromatic carbocycles. The molecule has 0 saturated carbocycles. The molecule has 1 fully saturated rings. The molecule has 0 atom stereocenters. The van der Waals surface area contributed by atoms with Gasteiger partial charge in [-0.15, -0.1) is 0 Å². The minimum atomic E-state index is -0.371. The number of halogens is 1. The lowest BCUT2D eigenvalue weighted by Crippen LogP contribution is -2.36. The smallest absolute Gasteiger partial charge is 0.285 e. The summed E-state index contributed by atoms with van der Waals surface area (Å²) in [4.78, 5) is 12.8. The molecule has 0 amide bonds. The van der Waals surface area contributed by atoms with Crippen LogP contribution in [0.2, 0.25) is 0 Å². The third kappa shape index (κ3) is 3.20. The predicted molar refractivity (Wildman–Crippen MR) is 74.9 cm³/mol. The van der Waals surface area contributed by atoms with Crippen LogP contribution in [0.5, 0.6) is 0 Å². The summed E-state index contributed by atoms with van der Waals surface area (Å²) in [6, 6.07) is 5.58. The van der Waals surface area contributed by atoms with E-state index in [2.05, 4.69) is 33.2 Å². The van der Waals surface area contributed by atoms with E-state index in [9.17, 15) is 10.1 Å². The van der Waals surface area contributed by atoms with E-state index in [0.717, 1.165) is 31.6 Å². The molecular weight excluding hydrogens is 298 g/mol. The summed E-state index contributed by atoms with van der Waals surface area (Å²) in [5.74, 6) is 0. The number of nitro groups is 1. The van der Waals surface area contributed by atoms with Crippen molar-refractivity contribution in [2.45, 2.75) is 18.9 Å². The van der Waals surface area contributed by atoms with Crippen LogP contribution in [-0.4, -0.2) is 36.0 Å². The number of piperidine rings is 1. The van der Waals surface area contributed by atoms with E-state index in [4.69, 9.17) is 0 Å². The molecule has 2 rings (SSSR count). The summed E-state index contributed by atoms with van der Waals surface area (Å²) in [7, 11) is 2.11. The van der Waals surface area contributed by atoms with Gasteiger partial charge >= 0.3 is 0 Å². The van der Waals surface area contributed by atoms with Crippen LogP contribution in [0.25, 0.3) is 0 Å². The first-order chi connectivity index (χ1) is 8.56. The first kappa shape index (κ1) is 13.3. The molecule has 1 aliphatic rings. The van der Waals surface area contributed by atoms with Gasteiger partial charge in [0, 0.05) is 17.8 Å². The Kier molecular flexibility index (Phi) is 4.19. The summed E-state index contributed by atoms with van der Waals surface area (Å²) in [5, 5.41) is 14.2. The number of rotatable bonds is 3. The van der Waals surface area contributed by atoms with Crippen molar-refractivity contribution in [1.29, 1.82) is 0 Å². The average molecular weight is 314 g/mol. The standard InChI is InChI=1S/C12H16BrN3O2/c1-15-6-4-9(5-7-15)14-10-2-3-11(13)12(8-10)16(17)18/h2-3,8-9,14H,4-7H2,1H3. The highest BCUT2D eigenvalue weighted by Gasteiger charge is 2.18. The van der Waals surface area contributed by atoms with Crippen molar-refractivity contribution >= 4 is 27.3 Å². The monoisotopic (exact) mass is 313 g/mol. The molecule has 6 heteroatoms. The summed E-state index contributed by atoms with van der Waals surface area (Å²) >= 11 is 3.19. The number of hydrogen-bond acceptors (Lipinski definition) is 4. The van der Waals surface area contributed by atoms with Gasteiger partial charge in [0.2, 0.25) is 0 Å². The minimum absolute atomic E-state index is 0.105. The van der Waals surface area contributed by atoms with E-state index in [1.165, 1.54) is 0 Å². The normalized spacial score (nSPS) is 17.7. The summed E-state index contributed by atoms with van der Waals surface area (Å²) < 4.78 is 0.515. The summed E-state index contributed by atoms with van der Waals surface area (Å²) in [5.41, 5.74) is 0.924. The molecule has 1 aromatic rings. The Balaban J connectivity index is 2.05. The van der Waals surface area contributed by atoms with E-state index in [1.54, 1.807) is 12.1 Å². The maximum atomic E-state index is 10.9. The van der Waals surface area contributed by atoms with Crippen LogP contribution < -0.4 is 5.32 Å². The zero-order chi connectivity index (χ0) is 13.1. The van der Waals surface area contributed by atoms with Crippen LogP contribution in [0.15, 0.2) is 22.7 Å². The largest absolute Gasteiger partial charge is 0.382 e.